The zero-order valence-corrected chi connectivity index (χ0v) is 9.85. The van der Waals surface area contributed by atoms with Crippen LogP contribution in [-0.4, -0.2) is 17.2 Å². The van der Waals surface area contributed by atoms with Crippen LogP contribution in [0.2, 0.25) is 0 Å². The minimum Gasteiger partial charge on any atom is -0.246 e. The first-order chi connectivity index (χ1) is 6.60. The van der Waals surface area contributed by atoms with Gasteiger partial charge in [0, 0.05) is 0 Å². The maximum Gasteiger partial charge on any atom is 0.174 e. The molecule has 1 fully saturated rings. The molecule has 0 atom stereocenters. The van der Waals surface area contributed by atoms with Crippen LogP contribution in [0.3, 0.4) is 0 Å². The van der Waals surface area contributed by atoms with Gasteiger partial charge >= 0.3 is 0 Å². The van der Waals surface area contributed by atoms with E-state index in [1.807, 2.05) is 0 Å². The molecule has 1 aliphatic rings. The molecule has 0 aliphatic carbocycles. The molecule has 14 heavy (non-hydrogen) atoms. The predicted molar refractivity (Wildman–Crippen MR) is 63.7 cm³/mol. The van der Waals surface area contributed by atoms with E-state index < -0.39 is 7.49 Å². The van der Waals surface area contributed by atoms with Gasteiger partial charge in [0.25, 0.3) is 0 Å². The Kier molecular flexibility index (Phi) is 2.64. The normalized spacial score (nSPS) is 19.9. The second-order valence-corrected chi connectivity index (χ2v) is 7.68. The topological polar surface area (TPSA) is 20.2 Å². The average molecular weight is 209 g/mol. The van der Waals surface area contributed by atoms with Gasteiger partial charge in [0.2, 0.25) is 0 Å². The third-order valence-corrected chi connectivity index (χ3v) is 6.32. The molecule has 76 valence electrons. The van der Waals surface area contributed by atoms with E-state index in [1.54, 1.807) is 0 Å². The molecule has 0 radical (unpaired) electrons. The zero-order valence-electron chi connectivity index (χ0n) is 8.95. The third kappa shape index (κ3) is 1.85. The lowest BCUT2D eigenvalue weighted by Gasteiger charge is -2.14. The number of benzene rings is 1. The number of hydrogen-bond acceptors (Lipinski definition) is 1. The highest BCUT2D eigenvalue weighted by Crippen LogP contribution is 2.58. The molecule has 0 bridgehead atoms. The Morgan fingerprint density at radius 3 is 2.00 bits per heavy atom. The van der Waals surface area contributed by atoms with Crippen LogP contribution in [0.1, 0.15) is 24.0 Å². The fourth-order valence-corrected chi connectivity index (χ4v) is 5.43. The second kappa shape index (κ2) is 3.64. The Hall–Kier alpha value is -0.390. The van der Waals surface area contributed by atoms with Crippen molar-refractivity contribution in [3.63, 3.8) is 0 Å². The standard InChI is InChI=1S/C12H18OP/c1-10-7-11(2)9-12(8-10)14(13)5-3-4-6-14/h7-9,13H,3-6H2,1-2H3/q+1. The highest BCUT2D eigenvalue weighted by Gasteiger charge is 2.41. The first kappa shape index (κ1) is 10.1. The largest absolute Gasteiger partial charge is 0.246 e. The molecule has 1 heterocycles. The van der Waals surface area contributed by atoms with Crippen molar-refractivity contribution in [3.8, 4) is 0 Å². The van der Waals surface area contributed by atoms with Gasteiger partial charge in [-0.25, -0.2) is 4.89 Å². The highest BCUT2D eigenvalue weighted by molar-refractivity contribution is 7.78. The molecule has 1 aromatic carbocycles. The van der Waals surface area contributed by atoms with Crippen LogP contribution < -0.4 is 5.30 Å². The molecule has 0 saturated carbocycles. The van der Waals surface area contributed by atoms with Gasteiger partial charge in [-0.3, -0.25) is 0 Å². The molecular formula is C12H18OP+. The molecule has 0 amide bonds. The molecule has 0 aromatic heterocycles. The van der Waals surface area contributed by atoms with Crippen molar-refractivity contribution < 1.29 is 4.89 Å². The van der Waals surface area contributed by atoms with Crippen LogP contribution in [-0.2, 0) is 0 Å². The summed E-state index contributed by atoms with van der Waals surface area (Å²) in [5, 5.41) is 1.23. The van der Waals surface area contributed by atoms with Crippen molar-refractivity contribution in [2.45, 2.75) is 26.7 Å². The minimum atomic E-state index is -1.73. The van der Waals surface area contributed by atoms with Crippen molar-refractivity contribution in [1.29, 1.82) is 0 Å². The molecule has 0 unspecified atom stereocenters. The zero-order chi connectivity index (χ0) is 10.2. The van der Waals surface area contributed by atoms with Crippen LogP contribution in [0.15, 0.2) is 18.2 Å². The van der Waals surface area contributed by atoms with Crippen LogP contribution in [0.4, 0.5) is 0 Å². The second-order valence-electron chi connectivity index (χ2n) is 4.42. The van der Waals surface area contributed by atoms with Gasteiger partial charge in [0.1, 0.15) is 5.30 Å². The van der Waals surface area contributed by atoms with Gasteiger partial charge in [-0.15, -0.1) is 0 Å². The van der Waals surface area contributed by atoms with Crippen LogP contribution in [0, 0.1) is 13.8 Å². The van der Waals surface area contributed by atoms with Gasteiger partial charge < -0.3 is 0 Å². The van der Waals surface area contributed by atoms with Gasteiger partial charge in [-0.1, -0.05) is 6.07 Å². The lowest BCUT2D eigenvalue weighted by Crippen LogP contribution is -2.13. The van der Waals surface area contributed by atoms with E-state index in [0.29, 0.717) is 0 Å². The maximum absolute atomic E-state index is 10.5. The summed E-state index contributed by atoms with van der Waals surface area (Å²) >= 11 is 0. The van der Waals surface area contributed by atoms with Crippen LogP contribution in [0.5, 0.6) is 0 Å². The van der Waals surface area contributed by atoms with Crippen molar-refractivity contribution in [1.82, 2.24) is 0 Å². The molecule has 1 saturated heterocycles. The van der Waals surface area contributed by atoms with E-state index in [4.69, 9.17) is 0 Å². The first-order valence-corrected chi connectivity index (χ1v) is 7.40. The molecule has 1 aliphatic heterocycles. The molecule has 1 aromatic rings. The summed E-state index contributed by atoms with van der Waals surface area (Å²) in [6.07, 6.45) is 4.49. The van der Waals surface area contributed by atoms with E-state index in [1.165, 1.54) is 29.3 Å². The van der Waals surface area contributed by atoms with Gasteiger partial charge in [-0.05, 0) is 49.9 Å². The Morgan fingerprint density at radius 1 is 1.00 bits per heavy atom. The quantitative estimate of drug-likeness (QED) is 0.705. The van der Waals surface area contributed by atoms with E-state index in [2.05, 4.69) is 32.0 Å². The fourth-order valence-electron chi connectivity index (χ4n) is 2.31. The Bertz CT molecular complexity index is 320. The first-order valence-electron chi connectivity index (χ1n) is 5.29. The summed E-state index contributed by atoms with van der Waals surface area (Å²) in [6, 6.07) is 6.52. The molecule has 2 heteroatoms. The van der Waals surface area contributed by atoms with E-state index >= 15 is 0 Å². The van der Waals surface area contributed by atoms with Crippen molar-refractivity contribution >= 4 is 12.8 Å². The van der Waals surface area contributed by atoms with E-state index in [9.17, 15) is 4.89 Å². The summed E-state index contributed by atoms with van der Waals surface area (Å²) in [4.78, 5) is 10.5. The molecule has 1 N–H and O–H groups in total. The SMILES string of the molecule is Cc1cc(C)cc([P+]2(O)CCCC2)c1. The average Bonchev–Trinajstić information content (AvgIpc) is 2.52. The Morgan fingerprint density at radius 2 is 1.50 bits per heavy atom. The summed E-state index contributed by atoms with van der Waals surface area (Å²) in [6.45, 7) is 4.22. The number of rotatable bonds is 1. The van der Waals surface area contributed by atoms with Gasteiger partial charge in [0.15, 0.2) is 7.49 Å². The summed E-state index contributed by atoms with van der Waals surface area (Å²) in [7, 11) is -1.73. The Labute approximate surface area is 86.6 Å². The van der Waals surface area contributed by atoms with Crippen LogP contribution >= 0.6 is 7.49 Å². The van der Waals surface area contributed by atoms with Gasteiger partial charge in [-0.2, -0.15) is 0 Å². The third-order valence-electron chi connectivity index (χ3n) is 2.99. The molecular weight excluding hydrogens is 191 g/mol. The number of aryl methyl sites for hydroxylation is 2. The lowest BCUT2D eigenvalue weighted by molar-refractivity contribution is 0.617. The summed E-state index contributed by atoms with van der Waals surface area (Å²) in [5.74, 6) is 0. The fraction of sp³-hybridized carbons (Fsp3) is 0.500. The smallest absolute Gasteiger partial charge is 0.174 e. The number of hydrogen-bond donors (Lipinski definition) is 1. The molecule has 1 nitrogen and oxygen atoms in total. The van der Waals surface area contributed by atoms with Gasteiger partial charge in [0.05, 0.1) is 12.3 Å². The minimum absolute atomic E-state index is 1.04. The Balaban J connectivity index is 2.40. The summed E-state index contributed by atoms with van der Waals surface area (Å²) < 4.78 is 0. The highest BCUT2D eigenvalue weighted by atomic mass is 31.2. The van der Waals surface area contributed by atoms with E-state index in [0.717, 1.165) is 12.3 Å². The molecule has 0 spiro atoms. The molecule has 2 rings (SSSR count). The maximum atomic E-state index is 10.5. The van der Waals surface area contributed by atoms with E-state index in [-0.39, 0.29) is 0 Å². The van der Waals surface area contributed by atoms with Crippen molar-refractivity contribution in [2.75, 3.05) is 12.3 Å². The van der Waals surface area contributed by atoms with Crippen molar-refractivity contribution in [2.24, 2.45) is 0 Å². The van der Waals surface area contributed by atoms with Crippen molar-refractivity contribution in [3.05, 3.63) is 29.3 Å². The summed E-state index contributed by atoms with van der Waals surface area (Å²) in [5.41, 5.74) is 2.56. The van der Waals surface area contributed by atoms with Crippen LogP contribution in [0.25, 0.3) is 0 Å². The lowest BCUT2D eigenvalue weighted by atomic mass is 10.2. The monoisotopic (exact) mass is 209 g/mol. The predicted octanol–water partition coefficient (Wildman–Crippen LogP) is 2.65.